The molecule has 0 aliphatic carbocycles. The van der Waals surface area contributed by atoms with Gasteiger partial charge in [-0.3, -0.25) is 0 Å². The van der Waals surface area contributed by atoms with Gasteiger partial charge in [-0.1, -0.05) is 45.0 Å². The number of benzene rings is 1. The van der Waals surface area contributed by atoms with Gasteiger partial charge in [-0.15, -0.1) is 22.7 Å². The average molecular weight is 411 g/mol. The molecule has 0 amide bonds. The summed E-state index contributed by atoms with van der Waals surface area (Å²) in [6.07, 6.45) is 1.92. The summed E-state index contributed by atoms with van der Waals surface area (Å²) in [6, 6.07) is 12.3. The zero-order valence-corrected chi connectivity index (χ0v) is 18.7. The van der Waals surface area contributed by atoms with Crippen LogP contribution in [0.5, 0.6) is 0 Å². The molecule has 3 rings (SSSR count). The number of hydrogen-bond donors (Lipinski definition) is 0. The van der Waals surface area contributed by atoms with Crippen LogP contribution in [0.3, 0.4) is 0 Å². The number of thiophene rings is 2. The lowest BCUT2D eigenvalue weighted by Crippen LogP contribution is -2.13. The molecule has 2 aromatic heterocycles. The van der Waals surface area contributed by atoms with E-state index < -0.39 is 0 Å². The summed E-state index contributed by atoms with van der Waals surface area (Å²) < 4.78 is 5.75. The molecule has 0 radical (unpaired) electrons. The van der Waals surface area contributed by atoms with Crippen LogP contribution in [0, 0.1) is 13.8 Å². The second-order valence-electron chi connectivity index (χ2n) is 7.97. The summed E-state index contributed by atoms with van der Waals surface area (Å²) in [6.45, 7) is 11.1. The third kappa shape index (κ3) is 4.81. The molecule has 0 fully saturated rings. The molecule has 1 aromatic carbocycles. The molecule has 0 bridgehead atoms. The van der Waals surface area contributed by atoms with E-state index in [9.17, 15) is 4.79 Å². The standard InChI is InChI=1S/C24H26O2S2/c1-16-12-18(24(3,4)5)13-17(2)21(16)15-26-23(25)20(22-9-7-11-28-22)14-19-8-6-10-27-19/h6-14H,15H2,1-5H3/b20-14+. The lowest BCUT2D eigenvalue weighted by molar-refractivity contribution is -0.137. The lowest BCUT2D eigenvalue weighted by atomic mass is 9.84. The van der Waals surface area contributed by atoms with E-state index in [1.165, 1.54) is 5.56 Å². The third-order valence-corrected chi connectivity index (χ3v) is 6.47. The first kappa shape index (κ1) is 20.6. The van der Waals surface area contributed by atoms with Gasteiger partial charge in [0.2, 0.25) is 0 Å². The van der Waals surface area contributed by atoms with Crippen LogP contribution in [0.15, 0.2) is 47.2 Å². The van der Waals surface area contributed by atoms with Crippen molar-refractivity contribution in [3.63, 3.8) is 0 Å². The molecule has 2 heterocycles. The topological polar surface area (TPSA) is 26.3 Å². The normalized spacial score (nSPS) is 12.2. The predicted octanol–water partition coefficient (Wildman–Crippen LogP) is 7.01. The highest BCUT2D eigenvalue weighted by Gasteiger charge is 2.19. The molecule has 0 atom stereocenters. The Kier molecular flexibility index (Phi) is 6.21. The molecule has 2 nitrogen and oxygen atoms in total. The van der Waals surface area contributed by atoms with Gasteiger partial charge in [-0.25, -0.2) is 4.79 Å². The van der Waals surface area contributed by atoms with Gasteiger partial charge in [0.05, 0.1) is 5.57 Å². The molecule has 0 unspecified atom stereocenters. The Hall–Kier alpha value is -2.17. The van der Waals surface area contributed by atoms with Gasteiger partial charge < -0.3 is 4.74 Å². The predicted molar refractivity (Wildman–Crippen MR) is 121 cm³/mol. The summed E-state index contributed by atoms with van der Waals surface area (Å²) in [5.74, 6) is -0.283. The molecule has 0 N–H and O–H groups in total. The van der Waals surface area contributed by atoms with E-state index in [2.05, 4.69) is 46.8 Å². The summed E-state index contributed by atoms with van der Waals surface area (Å²) >= 11 is 3.16. The maximum absolute atomic E-state index is 12.9. The van der Waals surface area contributed by atoms with E-state index in [0.29, 0.717) is 5.57 Å². The highest BCUT2D eigenvalue weighted by molar-refractivity contribution is 7.12. The summed E-state index contributed by atoms with van der Waals surface area (Å²) in [7, 11) is 0. The average Bonchev–Trinajstić information content (AvgIpc) is 3.31. The third-order valence-electron chi connectivity index (χ3n) is 4.75. The van der Waals surface area contributed by atoms with Crippen LogP contribution in [0.1, 0.15) is 52.8 Å². The van der Waals surface area contributed by atoms with Gasteiger partial charge in [0, 0.05) is 9.75 Å². The van der Waals surface area contributed by atoms with Gasteiger partial charge in [-0.2, -0.15) is 0 Å². The maximum Gasteiger partial charge on any atom is 0.339 e. The van der Waals surface area contributed by atoms with Crippen LogP contribution in [-0.4, -0.2) is 5.97 Å². The minimum absolute atomic E-state index is 0.0977. The van der Waals surface area contributed by atoms with Crippen LogP contribution in [-0.2, 0) is 21.6 Å². The molecule has 3 aromatic rings. The highest BCUT2D eigenvalue weighted by Crippen LogP contribution is 2.29. The van der Waals surface area contributed by atoms with E-state index in [-0.39, 0.29) is 18.0 Å². The van der Waals surface area contributed by atoms with Gasteiger partial charge in [0.1, 0.15) is 6.61 Å². The first-order valence-corrected chi connectivity index (χ1v) is 11.1. The fourth-order valence-corrected chi connectivity index (χ4v) is 4.44. The Balaban J connectivity index is 1.82. The van der Waals surface area contributed by atoms with E-state index in [1.54, 1.807) is 22.7 Å². The van der Waals surface area contributed by atoms with Gasteiger partial charge in [-0.05, 0) is 70.5 Å². The van der Waals surface area contributed by atoms with Crippen molar-refractivity contribution in [3.05, 3.63) is 79.2 Å². The first-order valence-electron chi connectivity index (χ1n) is 9.32. The second-order valence-corrected chi connectivity index (χ2v) is 9.89. The zero-order chi connectivity index (χ0) is 20.3. The quantitative estimate of drug-likeness (QED) is 0.334. The number of hydrogen-bond acceptors (Lipinski definition) is 4. The van der Waals surface area contributed by atoms with Crippen LogP contribution in [0.25, 0.3) is 11.6 Å². The van der Waals surface area contributed by atoms with Crippen molar-refractivity contribution in [3.8, 4) is 0 Å². The van der Waals surface area contributed by atoms with Crippen molar-refractivity contribution in [2.24, 2.45) is 0 Å². The van der Waals surface area contributed by atoms with E-state index in [1.807, 2.05) is 41.1 Å². The van der Waals surface area contributed by atoms with Crippen molar-refractivity contribution < 1.29 is 9.53 Å². The van der Waals surface area contributed by atoms with Gasteiger partial charge in [0.25, 0.3) is 0 Å². The minimum atomic E-state index is -0.283. The monoisotopic (exact) mass is 410 g/mol. The summed E-state index contributed by atoms with van der Waals surface area (Å²) in [5.41, 5.74) is 5.42. The number of ether oxygens (including phenoxy) is 1. The molecule has 28 heavy (non-hydrogen) atoms. The van der Waals surface area contributed by atoms with Gasteiger partial charge in [0.15, 0.2) is 0 Å². The molecule has 0 saturated heterocycles. The van der Waals surface area contributed by atoms with Crippen LogP contribution >= 0.6 is 22.7 Å². The molecule has 0 aliphatic heterocycles. The Morgan fingerprint density at radius 2 is 1.68 bits per heavy atom. The minimum Gasteiger partial charge on any atom is -0.457 e. The first-order chi connectivity index (χ1) is 13.3. The Bertz CT molecular complexity index is 949. The Labute approximate surface area is 175 Å². The lowest BCUT2D eigenvalue weighted by Gasteiger charge is -2.22. The van der Waals surface area contributed by atoms with Crippen molar-refractivity contribution in [2.75, 3.05) is 0 Å². The maximum atomic E-state index is 12.9. The molecule has 146 valence electrons. The smallest absolute Gasteiger partial charge is 0.339 e. The number of aryl methyl sites for hydroxylation is 2. The van der Waals surface area contributed by atoms with E-state index in [0.717, 1.165) is 26.4 Å². The van der Waals surface area contributed by atoms with Crippen molar-refractivity contribution in [2.45, 2.75) is 46.6 Å². The van der Waals surface area contributed by atoms with Crippen LogP contribution < -0.4 is 0 Å². The Morgan fingerprint density at radius 1 is 1.04 bits per heavy atom. The van der Waals surface area contributed by atoms with Crippen LogP contribution in [0.4, 0.5) is 0 Å². The SMILES string of the molecule is Cc1cc(C(C)(C)C)cc(C)c1COC(=O)/C(=C/c1cccs1)c1cccs1. The molecule has 4 heteroatoms. The number of rotatable bonds is 5. The zero-order valence-electron chi connectivity index (χ0n) is 17.0. The number of carbonyl (C=O) groups excluding carboxylic acids is 1. The molecule has 0 aliphatic rings. The van der Waals surface area contributed by atoms with Gasteiger partial charge >= 0.3 is 5.97 Å². The van der Waals surface area contributed by atoms with Crippen molar-refractivity contribution in [1.82, 2.24) is 0 Å². The van der Waals surface area contributed by atoms with E-state index >= 15 is 0 Å². The highest BCUT2D eigenvalue weighted by atomic mass is 32.1. The fourth-order valence-electron chi connectivity index (χ4n) is 3.05. The molecular formula is C24H26O2S2. The molecule has 0 saturated carbocycles. The number of carbonyl (C=O) groups is 1. The Morgan fingerprint density at radius 3 is 2.21 bits per heavy atom. The summed E-state index contributed by atoms with van der Waals surface area (Å²) in [5, 5.41) is 3.98. The number of esters is 1. The van der Waals surface area contributed by atoms with Crippen LogP contribution in [0.2, 0.25) is 0 Å². The largest absolute Gasteiger partial charge is 0.457 e. The van der Waals surface area contributed by atoms with E-state index in [4.69, 9.17) is 4.74 Å². The fraction of sp³-hybridized carbons (Fsp3) is 0.292. The van der Waals surface area contributed by atoms with Crippen molar-refractivity contribution in [1.29, 1.82) is 0 Å². The summed E-state index contributed by atoms with van der Waals surface area (Å²) in [4.78, 5) is 14.9. The molecule has 0 spiro atoms. The second kappa shape index (κ2) is 8.46. The van der Waals surface area contributed by atoms with Crippen molar-refractivity contribution >= 4 is 40.3 Å². The molecular weight excluding hydrogens is 384 g/mol.